The van der Waals surface area contributed by atoms with Gasteiger partial charge in [-0.2, -0.15) is 0 Å². The van der Waals surface area contributed by atoms with Crippen molar-refractivity contribution in [3.63, 3.8) is 0 Å². The summed E-state index contributed by atoms with van der Waals surface area (Å²) in [5.74, 6) is 8.53. The average Bonchev–Trinajstić information content (AvgIpc) is 2.78. The van der Waals surface area contributed by atoms with E-state index in [1.165, 1.54) is 0 Å². The number of fused-ring (bicyclic) bond motifs is 2. The van der Waals surface area contributed by atoms with Gasteiger partial charge in [-0.25, -0.2) is 9.59 Å². The summed E-state index contributed by atoms with van der Waals surface area (Å²) in [4.78, 5) is 21.7. The number of halogens is 1. The number of hydrogen-bond donors (Lipinski definition) is 4. The number of aliphatic hydroxyl groups is 2. The first kappa shape index (κ1) is 23.8. The van der Waals surface area contributed by atoms with Crippen molar-refractivity contribution < 1.29 is 29.3 Å². The Kier molecular flexibility index (Phi) is 9.40. The minimum atomic E-state index is -0.434. The van der Waals surface area contributed by atoms with Crippen LogP contribution in [-0.2, 0) is 13.1 Å². The monoisotopic (exact) mass is 486 g/mol. The molecule has 0 radical (unpaired) electrons. The SMILES string of the molecule is C#CCO.O=C1NCc2cc(Br)ccc2O1.O=C1NCc2cc(C#CCO)ccc2O1. The van der Waals surface area contributed by atoms with Crippen molar-refractivity contribution in [1.82, 2.24) is 10.6 Å². The molecule has 2 aromatic carbocycles. The first-order chi connectivity index (χ1) is 15.0. The van der Waals surface area contributed by atoms with E-state index in [1.54, 1.807) is 18.2 Å². The summed E-state index contributed by atoms with van der Waals surface area (Å²) in [7, 11) is 0. The van der Waals surface area contributed by atoms with Gasteiger partial charge in [-0.05, 0) is 36.4 Å². The van der Waals surface area contributed by atoms with Gasteiger partial charge in [0.2, 0.25) is 0 Å². The van der Waals surface area contributed by atoms with Gasteiger partial charge in [0.25, 0.3) is 0 Å². The molecule has 31 heavy (non-hydrogen) atoms. The van der Waals surface area contributed by atoms with Crippen LogP contribution in [0.5, 0.6) is 11.5 Å². The first-order valence-electron chi connectivity index (χ1n) is 8.93. The van der Waals surface area contributed by atoms with Gasteiger partial charge in [0.1, 0.15) is 24.7 Å². The molecule has 0 unspecified atom stereocenters. The summed E-state index contributed by atoms with van der Waals surface area (Å²) < 4.78 is 10.8. The normalized spacial score (nSPS) is 12.6. The zero-order chi connectivity index (χ0) is 22.6. The fraction of sp³-hybridized carbons (Fsp3) is 0.182. The highest BCUT2D eigenvalue weighted by Crippen LogP contribution is 2.25. The highest BCUT2D eigenvalue weighted by Gasteiger charge is 2.16. The molecule has 2 aromatic rings. The third-order valence-electron chi connectivity index (χ3n) is 3.74. The van der Waals surface area contributed by atoms with Crippen LogP contribution in [0.25, 0.3) is 0 Å². The van der Waals surface area contributed by atoms with Crippen LogP contribution in [0.15, 0.2) is 40.9 Å². The number of benzene rings is 2. The Morgan fingerprint density at radius 1 is 0.935 bits per heavy atom. The summed E-state index contributed by atoms with van der Waals surface area (Å²) in [6.07, 6.45) is 3.71. The van der Waals surface area contributed by atoms with E-state index in [1.807, 2.05) is 24.1 Å². The molecule has 0 saturated heterocycles. The smallest absolute Gasteiger partial charge is 0.410 e. The van der Waals surface area contributed by atoms with Crippen molar-refractivity contribution in [1.29, 1.82) is 0 Å². The van der Waals surface area contributed by atoms with Gasteiger partial charge in [0.15, 0.2) is 0 Å². The molecule has 0 saturated carbocycles. The van der Waals surface area contributed by atoms with Gasteiger partial charge in [0, 0.05) is 34.3 Å². The highest BCUT2D eigenvalue weighted by atomic mass is 79.9. The molecule has 0 aliphatic carbocycles. The van der Waals surface area contributed by atoms with Crippen LogP contribution in [0.1, 0.15) is 16.7 Å². The number of terminal acetylenes is 1. The summed E-state index contributed by atoms with van der Waals surface area (Å²) in [5.41, 5.74) is 2.67. The van der Waals surface area contributed by atoms with E-state index in [0.29, 0.717) is 24.6 Å². The Morgan fingerprint density at radius 3 is 2.03 bits per heavy atom. The quantitative estimate of drug-likeness (QED) is 0.424. The van der Waals surface area contributed by atoms with Gasteiger partial charge < -0.3 is 30.3 Å². The van der Waals surface area contributed by atoms with Crippen LogP contribution in [0, 0.1) is 24.2 Å². The van der Waals surface area contributed by atoms with Gasteiger partial charge in [-0.3, -0.25) is 0 Å². The third kappa shape index (κ3) is 7.68. The summed E-state index contributed by atoms with van der Waals surface area (Å²) >= 11 is 3.34. The van der Waals surface area contributed by atoms with Crippen molar-refractivity contribution in [3.05, 3.63) is 57.6 Å². The van der Waals surface area contributed by atoms with Crippen molar-refractivity contribution >= 4 is 28.1 Å². The lowest BCUT2D eigenvalue weighted by atomic mass is 10.1. The van der Waals surface area contributed by atoms with Crippen LogP contribution < -0.4 is 20.1 Å². The second-order valence-electron chi connectivity index (χ2n) is 5.88. The lowest BCUT2D eigenvalue weighted by molar-refractivity contribution is 0.193. The molecule has 2 heterocycles. The molecule has 0 fully saturated rings. The number of amides is 2. The van der Waals surface area contributed by atoms with Gasteiger partial charge >= 0.3 is 12.2 Å². The van der Waals surface area contributed by atoms with E-state index in [2.05, 4.69) is 44.8 Å². The number of rotatable bonds is 0. The molecule has 9 heteroatoms. The van der Waals surface area contributed by atoms with Gasteiger partial charge in [-0.1, -0.05) is 33.7 Å². The minimum Gasteiger partial charge on any atom is -0.410 e. The fourth-order valence-electron chi connectivity index (χ4n) is 2.43. The van der Waals surface area contributed by atoms with E-state index < -0.39 is 6.09 Å². The fourth-order valence-corrected chi connectivity index (χ4v) is 2.84. The number of nitrogens with one attached hydrogen (secondary N) is 2. The lowest BCUT2D eigenvalue weighted by Gasteiger charge is -2.16. The van der Waals surface area contributed by atoms with Crippen LogP contribution in [-0.4, -0.2) is 35.6 Å². The molecule has 2 amide bonds. The molecule has 160 valence electrons. The van der Waals surface area contributed by atoms with Crippen molar-refractivity contribution in [2.45, 2.75) is 13.1 Å². The van der Waals surface area contributed by atoms with E-state index in [4.69, 9.17) is 19.7 Å². The molecule has 4 N–H and O–H groups in total. The molecule has 0 aromatic heterocycles. The topological polar surface area (TPSA) is 117 Å². The predicted molar refractivity (Wildman–Crippen MR) is 116 cm³/mol. The Morgan fingerprint density at radius 2 is 1.48 bits per heavy atom. The molecule has 8 nitrogen and oxygen atoms in total. The Balaban J connectivity index is 0.000000192. The largest absolute Gasteiger partial charge is 0.412 e. The van der Waals surface area contributed by atoms with Crippen LogP contribution in [0.4, 0.5) is 9.59 Å². The van der Waals surface area contributed by atoms with Gasteiger partial charge in [0.05, 0.1) is 0 Å². The maximum absolute atomic E-state index is 10.9. The maximum Gasteiger partial charge on any atom is 0.412 e. The summed E-state index contributed by atoms with van der Waals surface area (Å²) in [5, 5.41) is 21.3. The van der Waals surface area contributed by atoms with Crippen LogP contribution in [0.3, 0.4) is 0 Å². The Hall–Kier alpha value is -3.50. The highest BCUT2D eigenvalue weighted by molar-refractivity contribution is 9.10. The number of carbonyl (C=O) groups is 2. The number of ether oxygens (including phenoxy) is 2. The van der Waals surface area contributed by atoms with Crippen molar-refractivity contribution in [3.8, 4) is 35.7 Å². The maximum atomic E-state index is 10.9. The minimum absolute atomic E-state index is 0.153. The molecule has 0 bridgehead atoms. The van der Waals surface area contributed by atoms with E-state index in [0.717, 1.165) is 21.2 Å². The van der Waals surface area contributed by atoms with E-state index >= 15 is 0 Å². The zero-order valence-electron chi connectivity index (χ0n) is 16.3. The second kappa shape index (κ2) is 12.3. The average molecular weight is 487 g/mol. The molecule has 0 spiro atoms. The molecule has 0 atom stereocenters. The molecule has 4 rings (SSSR count). The lowest BCUT2D eigenvalue weighted by Crippen LogP contribution is -2.31. The van der Waals surface area contributed by atoms with Crippen molar-refractivity contribution in [2.24, 2.45) is 0 Å². The Labute approximate surface area is 187 Å². The molecule has 2 aliphatic heterocycles. The van der Waals surface area contributed by atoms with Crippen molar-refractivity contribution in [2.75, 3.05) is 13.2 Å². The third-order valence-corrected chi connectivity index (χ3v) is 4.23. The zero-order valence-corrected chi connectivity index (χ0v) is 17.9. The molecule has 2 aliphatic rings. The van der Waals surface area contributed by atoms with Gasteiger partial charge in [-0.15, -0.1) is 6.42 Å². The molecular weight excluding hydrogens is 468 g/mol. The number of carbonyl (C=O) groups excluding carboxylic acids is 2. The predicted octanol–water partition coefficient (Wildman–Crippen LogP) is 2.30. The van der Waals surface area contributed by atoms with Crippen LogP contribution in [0.2, 0.25) is 0 Å². The summed E-state index contributed by atoms with van der Waals surface area (Å²) in [6.45, 7) is 0.667. The summed E-state index contributed by atoms with van der Waals surface area (Å²) in [6, 6.07) is 10.8. The molecular formula is C22H19BrN2O6. The number of hydrogen-bond acceptors (Lipinski definition) is 6. The van der Waals surface area contributed by atoms with E-state index in [9.17, 15) is 9.59 Å². The number of aliphatic hydroxyl groups excluding tert-OH is 2. The standard InChI is InChI=1S/C11H9NO3.C8H6BrNO2.C3H4O/c13-5-1-2-8-3-4-10-9(6-8)7-12-11(14)15-10;9-6-1-2-7-5(3-6)4-10-8(11)12-7;1-2-3-4/h3-4,6,13H,5,7H2,(H,12,14);1-3H,4H2,(H,10,11);1,4H,3H2. The van der Waals surface area contributed by atoms with Crippen LogP contribution >= 0.6 is 15.9 Å². The second-order valence-corrected chi connectivity index (χ2v) is 6.80. The van der Waals surface area contributed by atoms with E-state index in [-0.39, 0.29) is 19.3 Å². The first-order valence-corrected chi connectivity index (χ1v) is 9.73. The Bertz CT molecular complexity index is 1050.